The first-order chi connectivity index (χ1) is 6.24. The van der Waals surface area contributed by atoms with Crippen LogP contribution in [0.4, 0.5) is 0 Å². The second-order valence-electron chi connectivity index (χ2n) is 1.74. The molecule has 0 radical (unpaired) electrons. The van der Waals surface area contributed by atoms with Crippen molar-refractivity contribution in [3.8, 4) is 0 Å². The summed E-state index contributed by atoms with van der Waals surface area (Å²) in [6, 6.07) is 0. The summed E-state index contributed by atoms with van der Waals surface area (Å²) in [4.78, 5) is 8.18. The summed E-state index contributed by atoms with van der Waals surface area (Å²) in [7, 11) is 0. The van der Waals surface area contributed by atoms with Gasteiger partial charge in [-0.25, -0.2) is 0 Å². The quantitative estimate of drug-likeness (QED) is 0.293. The molecule has 0 unspecified atom stereocenters. The molecule has 7 N–H and O–H groups in total. The number of thiol groups is 2. The lowest BCUT2D eigenvalue weighted by Gasteiger charge is -1.88. The maximum absolute atomic E-state index is 8.18. The normalized spacial score (nSPS) is 8.07. The van der Waals surface area contributed by atoms with Gasteiger partial charge < -0.3 is 22.1 Å². The van der Waals surface area contributed by atoms with Crippen LogP contribution in [0.25, 0.3) is 0 Å². The summed E-state index contributed by atoms with van der Waals surface area (Å²) in [5, 5.41) is 0. The Morgan fingerprint density at radius 3 is 1.00 bits per heavy atom. The molecule has 0 rings (SSSR count). The first-order valence-corrected chi connectivity index (χ1v) is 9.19. The van der Waals surface area contributed by atoms with E-state index in [0.717, 1.165) is 19.6 Å². The van der Waals surface area contributed by atoms with Crippen LogP contribution in [0.3, 0.4) is 0 Å². The highest BCUT2D eigenvalue weighted by Gasteiger charge is 1.88. The molecule has 4 nitrogen and oxygen atoms in total. The van der Waals surface area contributed by atoms with Crippen LogP contribution in [0.2, 0.25) is 0 Å². The molecule has 0 fully saturated rings. The van der Waals surface area contributed by atoms with Gasteiger partial charge in [-0.15, -0.1) is 24.5 Å². The fourth-order valence-electron chi connectivity index (χ4n) is 0. The molecule has 0 saturated heterocycles. The molecule has 0 heterocycles. The van der Waals surface area contributed by atoms with Gasteiger partial charge in [0.15, 0.2) is 4.67 Å². The van der Waals surface area contributed by atoms with Crippen molar-refractivity contribution in [2.75, 3.05) is 19.6 Å². The van der Waals surface area contributed by atoms with Crippen LogP contribution in [-0.2, 0) is 11.8 Å². The van der Waals surface area contributed by atoms with E-state index in [1.807, 2.05) is 20.8 Å². The second-order valence-corrected chi connectivity index (χ2v) is 10.4. The van der Waals surface area contributed by atoms with Crippen molar-refractivity contribution < 1.29 is 4.89 Å². The van der Waals surface area contributed by atoms with Gasteiger partial charge >= 0.3 is 0 Å². The zero-order valence-corrected chi connectivity index (χ0v) is 12.6. The van der Waals surface area contributed by atoms with Crippen molar-refractivity contribution in [2.45, 2.75) is 20.8 Å². The van der Waals surface area contributed by atoms with Gasteiger partial charge in [0.25, 0.3) is 0 Å². The molecule has 0 aromatic heterocycles. The highest BCUT2D eigenvalue weighted by Crippen LogP contribution is 2.50. The Morgan fingerprint density at radius 1 is 1.00 bits per heavy atom. The Bertz CT molecular complexity index is 99.5. The predicted molar refractivity (Wildman–Crippen MR) is 78.7 cm³/mol. The summed E-state index contributed by atoms with van der Waals surface area (Å²) in [6.45, 7) is 7.96. The van der Waals surface area contributed by atoms with Gasteiger partial charge in [-0.05, 0) is 31.4 Å². The maximum atomic E-state index is 8.18. The van der Waals surface area contributed by atoms with E-state index in [1.165, 1.54) is 0 Å². The summed E-state index contributed by atoms with van der Waals surface area (Å²) in [6.07, 6.45) is 0. The van der Waals surface area contributed by atoms with Gasteiger partial charge in [-0.1, -0.05) is 20.8 Å². The van der Waals surface area contributed by atoms with E-state index in [2.05, 4.69) is 36.3 Å². The zero-order valence-electron chi connectivity index (χ0n) is 9.05. The molecule has 0 aromatic rings. The van der Waals surface area contributed by atoms with Crippen molar-refractivity contribution in [3.05, 3.63) is 0 Å². The van der Waals surface area contributed by atoms with Crippen LogP contribution in [0.5, 0.6) is 0 Å². The van der Waals surface area contributed by atoms with E-state index >= 15 is 0 Å². The van der Waals surface area contributed by atoms with Crippen LogP contribution in [0.1, 0.15) is 20.8 Å². The lowest BCUT2D eigenvalue weighted by Crippen LogP contribution is -1.87. The number of rotatable bonds is 0. The van der Waals surface area contributed by atoms with Gasteiger partial charge in [0.2, 0.25) is 0 Å². The topological polar surface area (TPSA) is 98.3 Å². The molecular weight excluding hydrogens is 257 g/mol. The van der Waals surface area contributed by atoms with E-state index in [-0.39, 0.29) is 0 Å². The van der Waals surface area contributed by atoms with Crippen LogP contribution in [-0.4, -0.2) is 24.5 Å². The van der Waals surface area contributed by atoms with E-state index in [1.54, 1.807) is 0 Å². The van der Waals surface area contributed by atoms with Gasteiger partial charge in [-0.3, -0.25) is 0 Å². The zero-order chi connectivity index (χ0) is 12.6. The van der Waals surface area contributed by atoms with Gasteiger partial charge in [0.05, 0.1) is 0 Å². The SMILES string of the molecule is CCN.CCN.CCN.OP(=S)(S)S. The van der Waals surface area contributed by atoms with E-state index in [0.29, 0.717) is 0 Å². The standard InChI is InChI=1S/3C2H7N.H3OPS3/c3*1-2-3;1-2(3,4)5/h3*2-3H2,1H3;(H3,1,3,4,5). The molecule has 0 aromatic carbocycles. The minimum absolute atomic E-state index is 0.750. The van der Waals surface area contributed by atoms with Crippen molar-refractivity contribution in [3.63, 3.8) is 0 Å². The smallest absolute Gasteiger partial charge is 0.166 e. The number of hydrogen-bond donors (Lipinski definition) is 6. The third-order valence-corrected chi connectivity index (χ3v) is 0. The van der Waals surface area contributed by atoms with Crippen LogP contribution in [0, 0.1) is 0 Å². The molecule has 0 aliphatic rings. The average Bonchev–Trinajstić information content (AvgIpc) is 1.86. The average molecular weight is 281 g/mol. The Morgan fingerprint density at radius 2 is 1.00 bits per heavy atom. The van der Waals surface area contributed by atoms with E-state index < -0.39 is 4.67 Å². The summed E-state index contributed by atoms with van der Waals surface area (Å²) in [5.41, 5.74) is 14.5. The predicted octanol–water partition coefficient (Wildman–Crippen LogP) is 0.958. The minimum Gasteiger partial charge on any atom is -0.350 e. The summed E-state index contributed by atoms with van der Waals surface area (Å²) in [5.74, 6) is 0. The molecule has 0 atom stereocenters. The molecule has 0 saturated carbocycles. The van der Waals surface area contributed by atoms with Crippen molar-refractivity contribution >= 4 is 41.0 Å². The van der Waals surface area contributed by atoms with Crippen molar-refractivity contribution in [2.24, 2.45) is 17.2 Å². The second kappa shape index (κ2) is 23.8. The monoisotopic (exact) mass is 281 g/mol. The fourth-order valence-corrected chi connectivity index (χ4v) is 0. The van der Waals surface area contributed by atoms with Crippen LogP contribution >= 0.6 is 29.2 Å². The lowest BCUT2D eigenvalue weighted by molar-refractivity contribution is 0.655. The van der Waals surface area contributed by atoms with Crippen molar-refractivity contribution in [1.82, 2.24) is 0 Å². The Balaban J connectivity index is -0.0000000495. The van der Waals surface area contributed by atoms with Crippen LogP contribution in [0.15, 0.2) is 0 Å². The number of hydrogen-bond acceptors (Lipinski definition) is 4. The number of nitrogens with two attached hydrogens (primary N) is 3. The Kier molecular flexibility index (Phi) is 41.5. The molecule has 0 spiro atoms. The third-order valence-electron chi connectivity index (χ3n) is 0. The van der Waals surface area contributed by atoms with E-state index in [9.17, 15) is 0 Å². The molecular formula is C6H24N3OPS3. The third kappa shape index (κ3) is 1380. The molecule has 0 aliphatic heterocycles. The first kappa shape index (κ1) is 24.4. The largest absolute Gasteiger partial charge is 0.350 e. The summed E-state index contributed by atoms with van der Waals surface area (Å²) >= 11 is 11.2. The molecule has 92 valence electrons. The summed E-state index contributed by atoms with van der Waals surface area (Å²) < 4.78 is -2.42. The fraction of sp³-hybridized carbons (Fsp3) is 1.00. The first-order valence-electron chi connectivity index (χ1n) is 4.13. The highest BCUT2D eigenvalue weighted by atomic mass is 33.2. The minimum atomic E-state index is -2.42. The van der Waals surface area contributed by atoms with Gasteiger partial charge in [-0.2, -0.15) is 0 Å². The molecule has 8 heteroatoms. The highest BCUT2D eigenvalue weighted by molar-refractivity contribution is 8.90. The van der Waals surface area contributed by atoms with Crippen LogP contribution < -0.4 is 17.2 Å². The molecule has 14 heavy (non-hydrogen) atoms. The Hall–Kier alpha value is 1.19. The Labute approximate surface area is 103 Å². The molecule has 0 amide bonds. The maximum Gasteiger partial charge on any atom is 0.166 e. The molecule has 0 aliphatic carbocycles. The molecule has 0 bridgehead atoms. The van der Waals surface area contributed by atoms with Gasteiger partial charge in [0, 0.05) is 0 Å². The van der Waals surface area contributed by atoms with Gasteiger partial charge in [0.1, 0.15) is 0 Å². The van der Waals surface area contributed by atoms with Crippen molar-refractivity contribution in [1.29, 1.82) is 0 Å². The lowest BCUT2D eigenvalue weighted by atomic mass is 10.8. The van der Waals surface area contributed by atoms with E-state index in [4.69, 9.17) is 22.1 Å².